The summed E-state index contributed by atoms with van der Waals surface area (Å²) in [5, 5.41) is 22.1. The number of likely N-dealkylation sites (tertiary alicyclic amines) is 2. The number of rotatable bonds is 7. The zero-order chi connectivity index (χ0) is 23.4. The molecule has 3 fully saturated rings. The van der Waals surface area contributed by atoms with E-state index in [0.29, 0.717) is 32.4 Å². The van der Waals surface area contributed by atoms with Crippen molar-refractivity contribution >= 4 is 24.8 Å². The normalized spacial score (nSPS) is 26.3. The van der Waals surface area contributed by atoms with E-state index >= 15 is 0 Å². The van der Waals surface area contributed by atoms with E-state index in [1.165, 1.54) is 11.3 Å². The fourth-order valence-corrected chi connectivity index (χ4v) is 5.51. The van der Waals surface area contributed by atoms with E-state index in [1.807, 2.05) is 13.8 Å². The summed E-state index contributed by atoms with van der Waals surface area (Å²) in [5.74, 6) is -1.47. The number of hydrogen-bond donors (Lipinski definition) is 4. The van der Waals surface area contributed by atoms with Crippen molar-refractivity contribution in [3.63, 3.8) is 0 Å². The fourth-order valence-electron chi connectivity index (χ4n) is 5.51. The molecule has 0 aromatic heterocycles. The lowest BCUT2D eigenvalue weighted by atomic mass is 9.77. The number of nitrogens with two attached hydrogens (primary N) is 1. The van der Waals surface area contributed by atoms with Crippen molar-refractivity contribution < 1.29 is 24.4 Å². The molecule has 5 N–H and O–H groups in total. The van der Waals surface area contributed by atoms with Gasteiger partial charge in [0.25, 0.3) is 0 Å². The second-order valence-electron chi connectivity index (χ2n) is 10.00. The van der Waals surface area contributed by atoms with Gasteiger partial charge in [-0.05, 0) is 50.4 Å². The Hall–Kier alpha value is -1.65. The van der Waals surface area contributed by atoms with Crippen molar-refractivity contribution in [1.82, 2.24) is 15.1 Å². The Morgan fingerprint density at radius 2 is 1.53 bits per heavy atom. The van der Waals surface area contributed by atoms with Gasteiger partial charge in [-0.15, -0.1) is 0 Å². The Morgan fingerprint density at radius 1 is 0.906 bits per heavy atom. The lowest BCUT2D eigenvalue weighted by molar-refractivity contribution is -0.143. The predicted molar refractivity (Wildman–Crippen MR) is 121 cm³/mol. The lowest BCUT2D eigenvalue weighted by Gasteiger charge is -2.34. The van der Waals surface area contributed by atoms with Crippen molar-refractivity contribution in [2.45, 2.75) is 95.7 Å². The second kappa shape index (κ2) is 11.0. The van der Waals surface area contributed by atoms with Crippen LogP contribution < -0.4 is 11.1 Å². The van der Waals surface area contributed by atoms with Crippen LogP contribution in [0.5, 0.6) is 0 Å². The van der Waals surface area contributed by atoms with Crippen LogP contribution in [0.4, 0.5) is 0 Å². The molecule has 2 saturated heterocycles. The number of nitrogens with one attached hydrogen (secondary N) is 1. The zero-order valence-corrected chi connectivity index (χ0v) is 19.4. The third-order valence-corrected chi connectivity index (χ3v) is 7.44. The molecule has 4 atom stereocenters. The molecule has 10 heteroatoms. The molecule has 3 aliphatic rings. The van der Waals surface area contributed by atoms with Crippen LogP contribution in [0.15, 0.2) is 0 Å². The summed E-state index contributed by atoms with van der Waals surface area (Å²) < 4.78 is 0. The number of hydrogen-bond acceptors (Lipinski definition) is 6. The summed E-state index contributed by atoms with van der Waals surface area (Å²) in [5.41, 5.74) is 6.33. The van der Waals surface area contributed by atoms with E-state index in [9.17, 15) is 24.4 Å². The maximum Gasteiger partial charge on any atom is 0.475 e. The molecular formula is C22H39BN4O5. The van der Waals surface area contributed by atoms with E-state index in [1.54, 1.807) is 4.90 Å². The average molecular weight is 450 g/mol. The highest BCUT2D eigenvalue weighted by Crippen LogP contribution is 2.28. The Labute approximate surface area is 191 Å². The second-order valence-corrected chi connectivity index (χ2v) is 10.00. The number of nitrogens with zero attached hydrogens (tertiary/aromatic N) is 2. The minimum Gasteiger partial charge on any atom is -0.426 e. The highest BCUT2D eigenvalue weighted by Gasteiger charge is 2.43. The highest BCUT2D eigenvalue weighted by molar-refractivity contribution is 6.43. The highest BCUT2D eigenvalue weighted by atomic mass is 16.4. The van der Waals surface area contributed by atoms with Gasteiger partial charge in [0.15, 0.2) is 0 Å². The van der Waals surface area contributed by atoms with Gasteiger partial charge in [-0.1, -0.05) is 33.1 Å². The number of carbonyl (C=O) groups excluding carboxylic acids is 3. The van der Waals surface area contributed by atoms with E-state index in [-0.39, 0.29) is 29.6 Å². The molecule has 1 aliphatic carbocycles. The molecule has 3 amide bonds. The minimum atomic E-state index is -1.60. The first kappa shape index (κ1) is 25.0. The maximum absolute atomic E-state index is 13.2. The van der Waals surface area contributed by atoms with Crippen molar-refractivity contribution in [2.75, 3.05) is 13.1 Å². The van der Waals surface area contributed by atoms with Crippen LogP contribution >= 0.6 is 0 Å². The molecule has 1 saturated carbocycles. The first-order chi connectivity index (χ1) is 15.2. The predicted octanol–water partition coefficient (Wildman–Crippen LogP) is 0.0288. The van der Waals surface area contributed by atoms with Gasteiger partial charge in [0.2, 0.25) is 17.7 Å². The minimum absolute atomic E-state index is 0.162. The molecule has 32 heavy (non-hydrogen) atoms. The van der Waals surface area contributed by atoms with Crippen molar-refractivity contribution in [2.24, 2.45) is 17.6 Å². The van der Waals surface area contributed by atoms with E-state index in [2.05, 4.69) is 5.32 Å². The Kier molecular flexibility index (Phi) is 8.58. The lowest BCUT2D eigenvalue weighted by Crippen LogP contribution is -2.59. The molecule has 0 radical (unpaired) electrons. The monoisotopic (exact) mass is 450 g/mol. The maximum atomic E-state index is 13.2. The fraction of sp³-hybridized carbons (Fsp3) is 0.864. The third-order valence-electron chi connectivity index (χ3n) is 7.44. The van der Waals surface area contributed by atoms with Crippen LogP contribution in [0.25, 0.3) is 0 Å². The molecule has 0 spiro atoms. The smallest absolute Gasteiger partial charge is 0.426 e. The summed E-state index contributed by atoms with van der Waals surface area (Å²) in [6.07, 6.45) is 7.76. The summed E-state index contributed by atoms with van der Waals surface area (Å²) >= 11 is 0. The Balaban J connectivity index is 1.66. The quantitative estimate of drug-likeness (QED) is 0.404. The van der Waals surface area contributed by atoms with Crippen molar-refractivity contribution in [1.29, 1.82) is 0 Å². The first-order valence-corrected chi connectivity index (χ1v) is 12.3. The van der Waals surface area contributed by atoms with Crippen LogP contribution in [0.3, 0.4) is 0 Å². The van der Waals surface area contributed by atoms with Gasteiger partial charge in [-0.3, -0.25) is 14.4 Å². The van der Waals surface area contributed by atoms with Gasteiger partial charge in [-0.25, -0.2) is 0 Å². The molecule has 0 bridgehead atoms. The molecule has 2 aliphatic heterocycles. The third kappa shape index (κ3) is 5.46. The molecule has 2 unspecified atom stereocenters. The van der Waals surface area contributed by atoms with Crippen molar-refractivity contribution in [3.8, 4) is 0 Å². The molecule has 3 rings (SSSR count). The van der Waals surface area contributed by atoms with Gasteiger partial charge in [-0.2, -0.15) is 0 Å². The van der Waals surface area contributed by atoms with E-state index < -0.39 is 31.2 Å². The summed E-state index contributed by atoms with van der Waals surface area (Å²) in [6.45, 7) is 4.63. The first-order valence-electron chi connectivity index (χ1n) is 12.3. The number of carbonyl (C=O) groups is 3. The van der Waals surface area contributed by atoms with Crippen LogP contribution in [-0.2, 0) is 14.4 Å². The molecule has 180 valence electrons. The van der Waals surface area contributed by atoms with Crippen LogP contribution in [0.1, 0.15) is 71.6 Å². The molecule has 9 nitrogen and oxygen atoms in total. The topological polar surface area (TPSA) is 136 Å². The largest absolute Gasteiger partial charge is 0.475 e. The summed E-state index contributed by atoms with van der Waals surface area (Å²) in [7, 11) is -1.60. The summed E-state index contributed by atoms with van der Waals surface area (Å²) in [6, 6.07) is -1.99. The van der Waals surface area contributed by atoms with Crippen molar-refractivity contribution in [3.05, 3.63) is 0 Å². The van der Waals surface area contributed by atoms with E-state index in [0.717, 1.165) is 32.1 Å². The van der Waals surface area contributed by atoms with Crippen LogP contribution in [0.2, 0.25) is 0 Å². The molecule has 0 aromatic rings. The molecule has 2 heterocycles. The SMILES string of the molecule is CC(C)[C@H](NC(=O)C1CCCN1C(=O)[C@H](N)C1CCCCC1)C(=O)N1CCCC1B(O)O. The van der Waals surface area contributed by atoms with E-state index in [4.69, 9.17) is 5.73 Å². The molecule has 0 aromatic carbocycles. The standard InChI is InChI=1S/C22H39BN4O5/c1-14(2)19(22(30)27-13-7-11-17(27)23(31)32)25-20(28)16-10-6-12-26(16)21(29)18(24)15-8-4-3-5-9-15/h14-19,31-32H,3-13,24H2,1-2H3,(H,25,28)/t16?,17?,18-,19+/m1/s1. The van der Waals surface area contributed by atoms with Gasteiger partial charge in [0.1, 0.15) is 12.1 Å². The van der Waals surface area contributed by atoms with Crippen LogP contribution in [-0.4, -0.2) is 81.8 Å². The Morgan fingerprint density at radius 3 is 2.16 bits per heavy atom. The Bertz CT molecular complexity index is 685. The average Bonchev–Trinajstić information content (AvgIpc) is 3.46. The van der Waals surface area contributed by atoms with Gasteiger partial charge >= 0.3 is 7.12 Å². The van der Waals surface area contributed by atoms with Crippen LogP contribution in [0, 0.1) is 11.8 Å². The van der Waals surface area contributed by atoms with Gasteiger partial charge in [0, 0.05) is 13.1 Å². The van der Waals surface area contributed by atoms with Gasteiger partial charge < -0.3 is 30.9 Å². The van der Waals surface area contributed by atoms with Gasteiger partial charge in [0.05, 0.1) is 12.0 Å². The zero-order valence-electron chi connectivity index (χ0n) is 19.4. The number of amides is 3. The summed E-state index contributed by atoms with van der Waals surface area (Å²) in [4.78, 5) is 42.6. The molecular weight excluding hydrogens is 411 g/mol.